The quantitative estimate of drug-likeness (QED) is 0.715. The van der Waals surface area contributed by atoms with Crippen molar-refractivity contribution in [3.63, 3.8) is 0 Å². The first-order valence-electron chi connectivity index (χ1n) is 4.21. The molecule has 0 saturated heterocycles. The Hall–Kier alpha value is -1.54. The van der Waals surface area contributed by atoms with E-state index in [4.69, 9.17) is 11.6 Å². The fraction of sp³-hybridized carbons (Fsp3) is 0. The summed E-state index contributed by atoms with van der Waals surface area (Å²) in [5.41, 5.74) is 2.33. The lowest BCUT2D eigenvalue weighted by Gasteiger charge is -2.07. The topological polar surface area (TPSA) is 29.1 Å². The Morgan fingerprint density at radius 3 is 2.86 bits per heavy atom. The highest BCUT2D eigenvalue weighted by Crippen LogP contribution is 2.21. The van der Waals surface area contributed by atoms with Gasteiger partial charge in [0.2, 0.25) is 0 Å². The predicted molar refractivity (Wildman–Crippen MR) is 58.0 cm³/mol. The molecule has 0 aromatic heterocycles. The minimum absolute atomic E-state index is 0.396. The van der Waals surface area contributed by atoms with Crippen molar-refractivity contribution in [1.82, 2.24) is 0 Å². The molecule has 1 aliphatic rings. The molecule has 0 aliphatic carbocycles. The molecule has 0 amide bonds. The van der Waals surface area contributed by atoms with Gasteiger partial charge in [0.1, 0.15) is 0 Å². The number of nitrogens with one attached hydrogen (secondary N) is 1. The first-order valence-corrected chi connectivity index (χ1v) is 4.59. The van der Waals surface area contributed by atoms with E-state index in [2.05, 4.69) is 5.32 Å². The zero-order valence-corrected chi connectivity index (χ0v) is 8.08. The number of rotatable bonds is 1. The Balaban J connectivity index is 2.42. The van der Waals surface area contributed by atoms with Crippen LogP contribution in [-0.2, 0) is 4.79 Å². The van der Waals surface area contributed by atoms with E-state index in [1.165, 1.54) is 0 Å². The molecule has 1 aliphatic heterocycles. The van der Waals surface area contributed by atoms with Gasteiger partial charge < -0.3 is 5.32 Å². The zero-order chi connectivity index (χ0) is 9.97. The molecule has 70 valence electrons. The summed E-state index contributed by atoms with van der Waals surface area (Å²) < 4.78 is 0. The van der Waals surface area contributed by atoms with Crippen molar-refractivity contribution in [2.45, 2.75) is 0 Å². The second-order valence-corrected chi connectivity index (χ2v) is 3.27. The molecule has 0 unspecified atom stereocenters. The van der Waals surface area contributed by atoms with E-state index < -0.39 is 5.24 Å². The molecule has 0 spiro atoms. The van der Waals surface area contributed by atoms with Crippen LogP contribution in [0.25, 0.3) is 6.08 Å². The molecule has 1 N–H and O–H groups in total. The average Bonchev–Trinajstić information content (AvgIpc) is 2.39. The van der Waals surface area contributed by atoms with E-state index in [1.54, 1.807) is 12.2 Å². The third kappa shape index (κ3) is 1.70. The van der Waals surface area contributed by atoms with Crippen LogP contribution >= 0.6 is 11.6 Å². The number of carbonyl (C=O) groups excluding carboxylic acids is 1. The number of para-hydroxylation sites is 1. The van der Waals surface area contributed by atoms with Gasteiger partial charge in [-0.1, -0.05) is 30.4 Å². The third-order valence-corrected chi connectivity index (χ3v) is 2.18. The van der Waals surface area contributed by atoms with Crippen molar-refractivity contribution < 1.29 is 4.79 Å². The largest absolute Gasteiger partial charge is 0.351 e. The lowest BCUT2D eigenvalue weighted by Crippen LogP contribution is -2.05. The summed E-state index contributed by atoms with van der Waals surface area (Å²) in [7, 11) is 0. The second-order valence-electron chi connectivity index (χ2n) is 2.93. The fourth-order valence-corrected chi connectivity index (χ4v) is 1.42. The Morgan fingerprint density at radius 2 is 2.07 bits per heavy atom. The average molecular weight is 206 g/mol. The molecule has 0 radical (unpaired) electrons. The summed E-state index contributed by atoms with van der Waals surface area (Å²) >= 11 is 5.39. The Labute approximate surface area is 86.9 Å². The molecule has 1 aromatic carbocycles. The summed E-state index contributed by atoms with van der Waals surface area (Å²) in [4.78, 5) is 11.0. The molecule has 0 bridgehead atoms. The van der Waals surface area contributed by atoms with Crippen LogP contribution in [0.15, 0.2) is 42.1 Å². The normalized spacial score (nSPS) is 13.6. The summed E-state index contributed by atoms with van der Waals surface area (Å²) in [6, 6.07) is 7.71. The van der Waals surface area contributed by atoms with Gasteiger partial charge in [0, 0.05) is 5.69 Å². The highest BCUT2D eigenvalue weighted by molar-refractivity contribution is 6.68. The van der Waals surface area contributed by atoms with E-state index >= 15 is 0 Å². The minimum Gasteiger partial charge on any atom is -0.351 e. The van der Waals surface area contributed by atoms with Crippen molar-refractivity contribution in [1.29, 1.82) is 0 Å². The van der Waals surface area contributed by atoms with Crippen LogP contribution in [0.5, 0.6) is 0 Å². The van der Waals surface area contributed by atoms with Crippen molar-refractivity contribution >= 4 is 28.6 Å². The molecule has 2 nitrogen and oxygen atoms in total. The molecule has 2 rings (SSSR count). The predicted octanol–water partition coefficient (Wildman–Crippen LogP) is 2.77. The summed E-state index contributed by atoms with van der Waals surface area (Å²) in [6.07, 6.45) is 5.39. The maximum atomic E-state index is 11.0. The van der Waals surface area contributed by atoms with Crippen LogP contribution in [0.1, 0.15) is 5.56 Å². The smallest absolute Gasteiger partial charge is 0.268 e. The standard InChI is InChI=1S/C11H8ClNO/c12-11(14)10-7-3-5-8-4-1-2-6-9(8)13-10/h1-7,13H. The zero-order valence-electron chi connectivity index (χ0n) is 7.33. The van der Waals surface area contributed by atoms with Gasteiger partial charge in [-0.2, -0.15) is 0 Å². The van der Waals surface area contributed by atoms with E-state index in [0.717, 1.165) is 11.3 Å². The number of carbonyl (C=O) groups is 1. The number of halogens is 1. The van der Waals surface area contributed by atoms with Gasteiger partial charge in [-0.15, -0.1) is 0 Å². The Bertz CT molecular complexity index is 435. The molecule has 1 heterocycles. The van der Waals surface area contributed by atoms with E-state index in [1.807, 2.05) is 30.3 Å². The van der Waals surface area contributed by atoms with E-state index in [9.17, 15) is 4.79 Å². The van der Waals surface area contributed by atoms with Crippen molar-refractivity contribution in [2.24, 2.45) is 0 Å². The Morgan fingerprint density at radius 1 is 1.29 bits per heavy atom. The first-order chi connectivity index (χ1) is 6.77. The highest BCUT2D eigenvalue weighted by atomic mass is 35.5. The van der Waals surface area contributed by atoms with Gasteiger partial charge in [-0.05, 0) is 29.3 Å². The van der Waals surface area contributed by atoms with Crippen LogP contribution in [0.3, 0.4) is 0 Å². The number of hydrogen-bond donors (Lipinski definition) is 1. The van der Waals surface area contributed by atoms with Crippen LogP contribution in [0.2, 0.25) is 0 Å². The SMILES string of the molecule is O=C(Cl)C1=CC=Cc2ccccc2N1. The van der Waals surface area contributed by atoms with Gasteiger partial charge in [-0.3, -0.25) is 4.79 Å². The monoisotopic (exact) mass is 205 g/mol. The number of hydrogen-bond acceptors (Lipinski definition) is 2. The molecule has 0 fully saturated rings. The van der Waals surface area contributed by atoms with Crippen LogP contribution in [0.4, 0.5) is 5.69 Å². The van der Waals surface area contributed by atoms with Gasteiger partial charge in [-0.25, -0.2) is 0 Å². The maximum Gasteiger partial charge on any atom is 0.268 e. The lowest BCUT2D eigenvalue weighted by atomic mass is 10.2. The summed E-state index contributed by atoms with van der Waals surface area (Å²) in [5.74, 6) is 0. The van der Waals surface area contributed by atoms with Gasteiger partial charge >= 0.3 is 0 Å². The molecule has 0 saturated carbocycles. The number of fused-ring (bicyclic) bond motifs is 1. The van der Waals surface area contributed by atoms with Gasteiger partial charge in [0.05, 0.1) is 5.70 Å². The highest BCUT2D eigenvalue weighted by Gasteiger charge is 2.09. The second kappa shape index (κ2) is 3.68. The number of anilines is 1. The van der Waals surface area contributed by atoms with Crippen LogP contribution in [-0.4, -0.2) is 5.24 Å². The maximum absolute atomic E-state index is 11.0. The van der Waals surface area contributed by atoms with Crippen molar-refractivity contribution in [2.75, 3.05) is 5.32 Å². The molecular formula is C11H8ClNO. The third-order valence-electron chi connectivity index (χ3n) is 1.98. The molecule has 3 heteroatoms. The van der Waals surface area contributed by atoms with Crippen LogP contribution in [0, 0.1) is 0 Å². The first kappa shape index (κ1) is 9.03. The van der Waals surface area contributed by atoms with Gasteiger partial charge in [0.25, 0.3) is 5.24 Å². The van der Waals surface area contributed by atoms with E-state index in [-0.39, 0.29) is 0 Å². The van der Waals surface area contributed by atoms with Crippen molar-refractivity contribution in [3.8, 4) is 0 Å². The van der Waals surface area contributed by atoms with Gasteiger partial charge in [0.15, 0.2) is 0 Å². The lowest BCUT2D eigenvalue weighted by molar-refractivity contribution is -0.108. The molecule has 0 atom stereocenters. The van der Waals surface area contributed by atoms with E-state index in [0.29, 0.717) is 5.70 Å². The molecular weight excluding hydrogens is 198 g/mol. The Kier molecular flexibility index (Phi) is 2.37. The van der Waals surface area contributed by atoms with Crippen LogP contribution < -0.4 is 5.32 Å². The molecule has 1 aromatic rings. The number of allylic oxidation sites excluding steroid dienone is 3. The number of benzene rings is 1. The summed E-state index contributed by atoms with van der Waals surface area (Å²) in [6.45, 7) is 0. The fourth-order valence-electron chi connectivity index (χ4n) is 1.31. The van der Waals surface area contributed by atoms with Crippen molar-refractivity contribution in [3.05, 3.63) is 47.7 Å². The molecule has 14 heavy (non-hydrogen) atoms. The summed E-state index contributed by atoms with van der Waals surface area (Å²) in [5, 5.41) is 2.50. The minimum atomic E-state index is -0.480.